The molecule has 0 saturated carbocycles. The molecule has 6 nitrogen and oxygen atoms in total. The summed E-state index contributed by atoms with van der Waals surface area (Å²) in [6.45, 7) is 5.83. The molecule has 6 heteroatoms. The summed E-state index contributed by atoms with van der Waals surface area (Å²) in [5, 5.41) is 0. The minimum atomic E-state index is -0.715. The number of hydrogen-bond donors (Lipinski definition) is 2. The van der Waals surface area contributed by atoms with Gasteiger partial charge in [0.05, 0.1) is 13.0 Å². The van der Waals surface area contributed by atoms with Crippen LogP contribution in [-0.4, -0.2) is 31.6 Å². The second-order valence-electron chi connectivity index (χ2n) is 4.74. The molecule has 116 valence electrons. The molecule has 0 heterocycles. The molecule has 0 aliphatic carbocycles. The van der Waals surface area contributed by atoms with E-state index in [0.29, 0.717) is 12.4 Å². The number of aryl methyl sites for hydroxylation is 1. The fourth-order valence-electron chi connectivity index (χ4n) is 1.59. The van der Waals surface area contributed by atoms with E-state index in [2.05, 4.69) is 10.9 Å². The van der Waals surface area contributed by atoms with Gasteiger partial charge >= 0.3 is 0 Å². The molecule has 0 saturated heterocycles. The van der Waals surface area contributed by atoms with Crippen molar-refractivity contribution in [1.29, 1.82) is 0 Å². The van der Waals surface area contributed by atoms with E-state index in [1.165, 1.54) is 7.11 Å². The third-order valence-electron chi connectivity index (χ3n) is 3.09. The molecule has 1 aromatic rings. The summed E-state index contributed by atoms with van der Waals surface area (Å²) in [5.41, 5.74) is 6.72. The zero-order valence-electron chi connectivity index (χ0n) is 12.9. The first kappa shape index (κ1) is 17.0. The van der Waals surface area contributed by atoms with Crippen LogP contribution in [0.5, 0.6) is 5.75 Å². The van der Waals surface area contributed by atoms with Gasteiger partial charge in [-0.25, -0.2) is 0 Å². The Morgan fingerprint density at radius 1 is 1.24 bits per heavy atom. The smallest absolute Gasteiger partial charge is 0.279 e. The maximum absolute atomic E-state index is 11.8. The molecule has 0 spiro atoms. The lowest BCUT2D eigenvalue weighted by Gasteiger charge is -2.17. The Labute approximate surface area is 124 Å². The maximum Gasteiger partial charge on any atom is 0.279 e. The molecular formula is C15H22N2O4. The van der Waals surface area contributed by atoms with Crippen molar-refractivity contribution < 1.29 is 19.1 Å². The second kappa shape index (κ2) is 8.26. The fourth-order valence-corrected chi connectivity index (χ4v) is 1.59. The van der Waals surface area contributed by atoms with Crippen LogP contribution in [0.25, 0.3) is 0 Å². The number of hydrogen-bond acceptors (Lipinski definition) is 4. The van der Waals surface area contributed by atoms with Crippen LogP contribution in [-0.2, 0) is 14.3 Å². The highest BCUT2D eigenvalue weighted by atomic mass is 16.5. The Bertz CT molecular complexity index is 502. The number of carbonyl (C=O) groups is 2. The molecule has 1 atom stereocenters. The monoisotopic (exact) mass is 294 g/mol. The van der Waals surface area contributed by atoms with Crippen LogP contribution >= 0.6 is 0 Å². The normalized spacial score (nSPS) is 11.6. The lowest BCUT2D eigenvalue weighted by molar-refractivity contribution is -0.133. The number of nitrogens with one attached hydrogen (secondary N) is 2. The molecule has 0 fully saturated rings. The standard InChI is InChI=1S/C15H22N2O4/c1-10-6-5-7-13(11(10)2)21-12(3)15(19)17-16-14(18)8-9-20-4/h5-7,12H,8-9H2,1-4H3,(H,16,18)(H,17,19). The highest BCUT2D eigenvalue weighted by Gasteiger charge is 2.16. The van der Waals surface area contributed by atoms with Gasteiger partial charge in [0.1, 0.15) is 5.75 Å². The van der Waals surface area contributed by atoms with E-state index < -0.39 is 12.0 Å². The molecule has 2 amide bonds. The van der Waals surface area contributed by atoms with Gasteiger partial charge < -0.3 is 9.47 Å². The predicted octanol–water partition coefficient (Wildman–Crippen LogP) is 1.25. The van der Waals surface area contributed by atoms with E-state index in [1.807, 2.05) is 32.0 Å². The van der Waals surface area contributed by atoms with Crippen molar-refractivity contribution in [3.05, 3.63) is 29.3 Å². The lowest BCUT2D eigenvalue weighted by Crippen LogP contribution is -2.47. The largest absolute Gasteiger partial charge is 0.481 e. The summed E-state index contributed by atoms with van der Waals surface area (Å²) in [6.07, 6.45) is -0.531. The lowest BCUT2D eigenvalue weighted by atomic mass is 10.1. The van der Waals surface area contributed by atoms with Gasteiger partial charge in [-0.15, -0.1) is 0 Å². The van der Waals surface area contributed by atoms with Crippen molar-refractivity contribution in [2.45, 2.75) is 33.3 Å². The molecule has 0 aliphatic rings. The minimum Gasteiger partial charge on any atom is -0.481 e. The number of ether oxygens (including phenoxy) is 2. The summed E-state index contributed by atoms with van der Waals surface area (Å²) in [5.74, 6) is -0.0748. The fraction of sp³-hybridized carbons (Fsp3) is 0.467. The van der Waals surface area contributed by atoms with Crippen LogP contribution in [0.3, 0.4) is 0 Å². The van der Waals surface area contributed by atoms with E-state index in [4.69, 9.17) is 9.47 Å². The van der Waals surface area contributed by atoms with Gasteiger partial charge in [0, 0.05) is 7.11 Å². The molecular weight excluding hydrogens is 272 g/mol. The van der Waals surface area contributed by atoms with E-state index in [0.717, 1.165) is 11.1 Å². The first-order chi connectivity index (χ1) is 9.95. The van der Waals surface area contributed by atoms with Gasteiger partial charge in [-0.3, -0.25) is 20.4 Å². The first-order valence-corrected chi connectivity index (χ1v) is 6.76. The van der Waals surface area contributed by atoms with Crippen molar-refractivity contribution in [3.63, 3.8) is 0 Å². The maximum atomic E-state index is 11.8. The van der Waals surface area contributed by atoms with Crippen molar-refractivity contribution >= 4 is 11.8 Å². The third kappa shape index (κ3) is 5.43. The Morgan fingerprint density at radius 2 is 1.95 bits per heavy atom. The number of rotatable bonds is 6. The Morgan fingerprint density at radius 3 is 2.62 bits per heavy atom. The summed E-state index contributed by atoms with van der Waals surface area (Å²) < 4.78 is 10.4. The van der Waals surface area contributed by atoms with E-state index in [9.17, 15) is 9.59 Å². The highest BCUT2D eigenvalue weighted by Crippen LogP contribution is 2.21. The zero-order chi connectivity index (χ0) is 15.8. The zero-order valence-corrected chi connectivity index (χ0v) is 12.9. The van der Waals surface area contributed by atoms with Gasteiger partial charge in [0.15, 0.2) is 6.10 Å². The summed E-state index contributed by atoms with van der Waals surface area (Å²) in [7, 11) is 1.51. The summed E-state index contributed by atoms with van der Waals surface area (Å²) >= 11 is 0. The molecule has 1 rings (SSSR count). The molecule has 1 aromatic carbocycles. The second-order valence-corrected chi connectivity index (χ2v) is 4.74. The van der Waals surface area contributed by atoms with E-state index in [1.54, 1.807) is 6.92 Å². The Hall–Kier alpha value is -2.08. The van der Waals surface area contributed by atoms with Crippen LogP contribution in [0.15, 0.2) is 18.2 Å². The molecule has 2 N–H and O–H groups in total. The minimum absolute atomic E-state index is 0.184. The molecule has 0 bridgehead atoms. The van der Waals surface area contributed by atoms with Gasteiger partial charge in [-0.2, -0.15) is 0 Å². The van der Waals surface area contributed by atoms with Gasteiger partial charge in [0.25, 0.3) is 5.91 Å². The number of amides is 2. The molecule has 1 unspecified atom stereocenters. The molecule has 21 heavy (non-hydrogen) atoms. The summed E-state index contributed by atoms with van der Waals surface area (Å²) in [4.78, 5) is 23.2. The van der Waals surface area contributed by atoms with Crippen molar-refractivity contribution in [3.8, 4) is 5.75 Å². The number of carbonyl (C=O) groups excluding carboxylic acids is 2. The molecule has 0 aromatic heterocycles. The average Bonchev–Trinajstić information content (AvgIpc) is 2.47. The number of benzene rings is 1. The number of hydrazine groups is 1. The highest BCUT2D eigenvalue weighted by molar-refractivity contribution is 5.84. The average molecular weight is 294 g/mol. The number of methoxy groups -OCH3 is 1. The molecule has 0 radical (unpaired) electrons. The van der Waals surface area contributed by atoms with Crippen LogP contribution < -0.4 is 15.6 Å². The van der Waals surface area contributed by atoms with Crippen LogP contribution in [0.4, 0.5) is 0 Å². The third-order valence-corrected chi connectivity index (χ3v) is 3.09. The van der Waals surface area contributed by atoms with E-state index in [-0.39, 0.29) is 12.3 Å². The van der Waals surface area contributed by atoms with Crippen molar-refractivity contribution in [2.24, 2.45) is 0 Å². The summed E-state index contributed by atoms with van der Waals surface area (Å²) in [6, 6.07) is 5.65. The van der Waals surface area contributed by atoms with Gasteiger partial charge in [0.2, 0.25) is 5.91 Å². The van der Waals surface area contributed by atoms with Crippen LogP contribution in [0, 0.1) is 13.8 Å². The van der Waals surface area contributed by atoms with Crippen molar-refractivity contribution in [1.82, 2.24) is 10.9 Å². The van der Waals surface area contributed by atoms with E-state index >= 15 is 0 Å². The van der Waals surface area contributed by atoms with Crippen LogP contribution in [0.1, 0.15) is 24.5 Å². The topological polar surface area (TPSA) is 76.7 Å². The Kier molecular flexibility index (Phi) is 6.68. The predicted molar refractivity (Wildman–Crippen MR) is 78.8 cm³/mol. The van der Waals surface area contributed by atoms with Crippen LogP contribution in [0.2, 0.25) is 0 Å². The molecule has 0 aliphatic heterocycles. The van der Waals surface area contributed by atoms with Gasteiger partial charge in [-0.1, -0.05) is 12.1 Å². The Balaban J connectivity index is 2.48. The van der Waals surface area contributed by atoms with Crippen molar-refractivity contribution in [2.75, 3.05) is 13.7 Å². The quantitative estimate of drug-likeness (QED) is 0.774. The first-order valence-electron chi connectivity index (χ1n) is 6.76. The van der Waals surface area contributed by atoms with Gasteiger partial charge in [-0.05, 0) is 38.0 Å². The SMILES string of the molecule is COCCC(=O)NNC(=O)C(C)Oc1cccc(C)c1C.